The molecule has 3 aliphatic rings. The summed E-state index contributed by atoms with van der Waals surface area (Å²) >= 11 is 0. The number of methoxy groups -OCH3 is 1. The molecule has 3 N–H and O–H groups in total. The maximum Gasteiger partial charge on any atom is 0.306 e. The van der Waals surface area contributed by atoms with Gasteiger partial charge in [0.05, 0.1) is 63.3 Å². The molecule has 3 aliphatic heterocycles. The van der Waals surface area contributed by atoms with Gasteiger partial charge in [-0.2, -0.15) is 31.1 Å². The molecule has 32 nitrogen and oxygen atoms in total. The van der Waals surface area contributed by atoms with Gasteiger partial charge in [-0.15, -0.1) is 0 Å². The molecular weight excluding hydrogens is 1480 g/mol. The van der Waals surface area contributed by atoms with E-state index in [1.807, 2.05) is 0 Å². The number of fused-ring (bicyclic) bond motifs is 15. The highest BCUT2D eigenvalue weighted by Gasteiger charge is 2.33. The normalized spacial score (nSPS) is 14.7. The number of benzene rings is 3. The SMILES string of the molecule is CC(=O)CCC(=O)Nc1ncc2cc1O[C@H](C)c1cc(F)ccc1C(=O)N(C)Cc1nn(C)c(C#N)c1-2.CCOC(=O)CCC(=O)Nc1ncc2cc1O[C@H](C)c1cc(F)ccc1C(=O)N(C)Cc1nn(C)c(C#N)c1-2.COC(=O)CCC(=O)Nc1ncc2cc1O[C@H](C)c1cc(F)ccc1C(=O)N(C)Cc1nn(C)c(C#N)c1-2. The number of halogens is 3. The van der Waals surface area contributed by atoms with Gasteiger partial charge in [0.15, 0.2) is 34.7 Å². The fourth-order valence-electron chi connectivity index (χ4n) is 12.8. The molecule has 0 radical (unpaired) electrons. The van der Waals surface area contributed by atoms with Crippen molar-refractivity contribution < 1.29 is 80.0 Å². The highest BCUT2D eigenvalue weighted by molar-refractivity contribution is 5.99. The highest BCUT2D eigenvalue weighted by atomic mass is 19.1. The summed E-state index contributed by atoms with van der Waals surface area (Å²) in [6.07, 6.45) is 1.43. The molecule has 35 heteroatoms. The van der Waals surface area contributed by atoms with E-state index >= 15 is 0 Å². The van der Waals surface area contributed by atoms with Crippen molar-refractivity contribution in [3.8, 4) is 68.8 Å². The first kappa shape index (κ1) is 82.3. The second-order valence-electron chi connectivity index (χ2n) is 26.6. The smallest absolute Gasteiger partial charge is 0.306 e. The Hall–Kier alpha value is -14.2. The van der Waals surface area contributed by atoms with Gasteiger partial charge in [-0.1, -0.05) is 0 Å². The number of Topliss-reactive ketones (excluding diaryl/α,β-unsaturated/α-hetero) is 1. The van der Waals surface area contributed by atoms with Gasteiger partial charge in [0.25, 0.3) is 17.7 Å². The lowest BCUT2D eigenvalue weighted by molar-refractivity contribution is -0.144. The van der Waals surface area contributed by atoms with Crippen LogP contribution >= 0.6 is 0 Å². The van der Waals surface area contributed by atoms with Crippen LogP contribution in [0.15, 0.2) is 91.4 Å². The second-order valence-corrected chi connectivity index (χ2v) is 26.6. The molecule has 3 aromatic carbocycles. The minimum atomic E-state index is -0.830. The van der Waals surface area contributed by atoms with Gasteiger partial charge < -0.3 is 59.1 Å². The molecule has 0 unspecified atom stereocenters. The van der Waals surface area contributed by atoms with E-state index in [4.69, 9.17) is 18.9 Å². The van der Waals surface area contributed by atoms with Crippen molar-refractivity contribution in [1.82, 2.24) is 59.0 Å². The van der Waals surface area contributed by atoms with E-state index in [2.05, 4.69) is 69.1 Å². The number of hydrogen-bond acceptors (Lipinski definition) is 23. The number of nitriles is 3. The van der Waals surface area contributed by atoms with Crippen molar-refractivity contribution in [2.75, 3.05) is 50.8 Å². The zero-order chi connectivity index (χ0) is 82.7. The van der Waals surface area contributed by atoms with Crippen molar-refractivity contribution in [2.45, 2.75) is 111 Å². The van der Waals surface area contributed by atoms with Crippen molar-refractivity contribution in [3.05, 3.63) is 176 Å². The van der Waals surface area contributed by atoms with Crippen LogP contribution in [0.2, 0.25) is 0 Å². The Kier molecular flexibility index (Phi) is 25.8. The number of ether oxygens (including phenoxy) is 5. The summed E-state index contributed by atoms with van der Waals surface area (Å²) in [5.74, 6) is -4.77. The first-order valence-corrected chi connectivity index (χ1v) is 35.5. The Morgan fingerprint density at radius 1 is 0.474 bits per heavy atom. The number of carbonyl (C=O) groups is 9. The molecule has 114 heavy (non-hydrogen) atoms. The van der Waals surface area contributed by atoms with Crippen LogP contribution in [0.1, 0.15) is 173 Å². The average Bonchev–Trinajstić information content (AvgIpc) is 1.60. The Morgan fingerprint density at radius 3 is 1.05 bits per heavy atom. The lowest BCUT2D eigenvalue weighted by Gasteiger charge is -2.24. The van der Waals surface area contributed by atoms with Crippen LogP contribution in [0.25, 0.3) is 33.4 Å². The Labute approximate surface area is 650 Å². The average molecular weight is 1560 g/mol. The van der Waals surface area contributed by atoms with E-state index in [0.29, 0.717) is 67.2 Å². The summed E-state index contributed by atoms with van der Waals surface area (Å²) in [4.78, 5) is 130. The van der Waals surface area contributed by atoms with Crippen LogP contribution in [-0.4, -0.2) is 147 Å². The quantitative estimate of drug-likeness (QED) is 0.0903. The molecule has 6 aromatic heterocycles. The van der Waals surface area contributed by atoms with Gasteiger partial charge >= 0.3 is 11.9 Å². The molecule has 12 rings (SSSR count). The number of esters is 2. The van der Waals surface area contributed by atoms with Crippen LogP contribution in [0.3, 0.4) is 0 Å². The summed E-state index contributed by atoms with van der Waals surface area (Å²) in [6, 6.07) is 22.7. The summed E-state index contributed by atoms with van der Waals surface area (Å²) in [5, 5.41) is 50.8. The van der Waals surface area contributed by atoms with E-state index < -0.39 is 65.4 Å². The molecule has 6 bridgehead atoms. The summed E-state index contributed by atoms with van der Waals surface area (Å²) in [7, 11) is 10.9. The topological polar surface area (TPSA) is 409 Å². The fourth-order valence-corrected chi connectivity index (χ4v) is 12.8. The second kappa shape index (κ2) is 35.7. The lowest BCUT2D eigenvalue weighted by atomic mass is 10.00. The number of amides is 6. The van der Waals surface area contributed by atoms with Crippen LogP contribution in [0.5, 0.6) is 17.2 Å². The maximum atomic E-state index is 14.3. The molecule has 0 saturated heterocycles. The summed E-state index contributed by atoms with van der Waals surface area (Å²) in [5.41, 5.74) is 6.56. The number of pyridine rings is 3. The first-order chi connectivity index (χ1) is 54.3. The largest absolute Gasteiger partial charge is 0.482 e. The zero-order valence-corrected chi connectivity index (χ0v) is 64.0. The van der Waals surface area contributed by atoms with E-state index in [-0.39, 0.29) is 157 Å². The van der Waals surface area contributed by atoms with Gasteiger partial charge in [0, 0.05) is 153 Å². The minimum Gasteiger partial charge on any atom is -0.482 e. The predicted molar refractivity (Wildman–Crippen MR) is 400 cm³/mol. The molecule has 0 fully saturated rings. The van der Waals surface area contributed by atoms with E-state index in [1.54, 1.807) is 88.2 Å². The number of ketones is 1. The number of rotatable bonds is 13. The third kappa shape index (κ3) is 18.6. The number of nitrogens with one attached hydrogen (secondary N) is 3. The molecule has 9 heterocycles. The standard InChI is InChI=1S/C27H27FN6O5.C26H25FN6O5.C26H25FN6O4/c1-5-38-24(36)9-8-23(35)31-26-22-10-16(13-30-26)25-20(32-34(4)21(25)12-29)14-33(3)27(37)18-7-6-17(28)11-19(18)15(2)39-22;1-14-18-10-16(27)5-6-17(18)26(36)32(2)13-19-24(20(11-28)33(3)31-19)15-9-21(38-14)25(29-12-15)30-22(34)7-8-23(35)37-4;1-14(34)5-8-23(35)30-25-22-9-16(12-29-25)24-20(31-33(4)21(24)11-28)13-32(3)26(36)18-7-6-17(27)10-19(18)15(2)37-22/h6-7,10-11,13,15H,5,8-9,14H2,1-4H3,(H,30,31,35);5-6,9-10,12,14H,7-8,13H2,1-4H3,(H,29,30,34);6-7,9-10,12,15H,5,8,13H2,1-4H3,(H,29,30,35)/t15-;14-;15-/m111/s1. The van der Waals surface area contributed by atoms with Gasteiger partial charge in [-0.3, -0.25) is 52.4 Å². The Bertz CT molecular complexity index is 5480. The lowest BCUT2D eigenvalue weighted by Crippen LogP contribution is -2.28. The molecule has 6 amide bonds. The molecule has 9 aromatic rings. The Balaban J connectivity index is 0.000000181. The number of anilines is 3. The molecule has 0 saturated carbocycles. The van der Waals surface area contributed by atoms with Crippen LogP contribution < -0.4 is 30.2 Å². The molecule has 0 aliphatic carbocycles. The molecule has 0 spiro atoms. The van der Waals surface area contributed by atoms with Crippen molar-refractivity contribution in [3.63, 3.8) is 0 Å². The van der Waals surface area contributed by atoms with E-state index in [1.165, 1.54) is 116 Å². The van der Waals surface area contributed by atoms with Crippen LogP contribution in [-0.2, 0) is 79.0 Å². The number of carbonyl (C=O) groups excluding carboxylic acids is 9. The Morgan fingerprint density at radius 2 is 0.772 bits per heavy atom. The van der Waals surface area contributed by atoms with E-state index in [0.717, 1.165) is 0 Å². The van der Waals surface area contributed by atoms with Gasteiger partial charge in [0.2, 0.25) is 17.7 Å². The molecular formula is C79H77F3N18O14. The first-order valence-electron chi connectivity index (χ1n) is 35.5. The zero-order valence-electron chi connectivity index (χ0n) is 64.0. The highest BCUT2D eigenvalue weighted by Crippen LogP contribution is 2.42. The van der Waals surface area contributed by atoms with Crippen molar-refractivity contribution in [2.24, 2.45) is 21.1 Å². The van der Waals surface area contributed by atoms with Gasteiger partial charge in [-0.05, 0) is 107 Å². The van der Waals surface area contributed by atoms with Gasteiger partial charge in [-0.25, -0.2) is 28.1 Å². The summed E-state index contributed by atoms with van der Waals surface area (Å²) in [6.45, 7) is 8.43. The third-order valence-electron chi connectivity index (χ3n) is 18.4. The van der Waals surface area contributed by atoms with Crippen molar-refractivity contribution >= 4 is 70.6 Å². The number of nitrogens with zero attached hydrogens (tertiary/aromatic N) is 15. The minimum absolute atomic E-state index is 0.0338. The number of aryl methyl sites for hydroxylation is 3. The third-order valence-corrected chi connectivity index (χ3v) is 18.4. The number of hydrogen-bond donors (Lipinski definition) is 3. The van der Waals surface area contributed by atoms with Crippen LogP contribution in [0.4, 0.5) is 30.6 Å². The van der Waals surface area contributed by atoms with E-state index in [9.17, 15) is 72.1 Å². The van der Waals surface area contributed by atoms with Gasteiger partial charge in [0.1, 0.15) is 76.8 Å². The fraction of sp³-hybridized carbons (Fsp3) is 0.316. The monoisotopic (exact) mass is 1560 g/mol. The van der Waals surface area contributed by atoms with Crippen LogP contribution in [0, 0.1) is 51.4 Å². The number of aromatic nitrogens is 9. The predicted octanol–water partition coefficient (Wildman–Crippen LogP) is 10.1. The van der Waals surface area contributed by atoms with Crippen molar-refractivity contribution in [1.29, 1.82) is 15.8 Å². The maximum absolute atomic E-state index is 14.3. The summed E-state index contributed by atoms with van der Waals surface area (Å²) < 4.78 is 74.9. The molecule has 588 valence electrons. The molecule has 3 atom stereocenters.